The minimum absolute atomic E-state index is 0.0426. The van der Waals surface area contributed by atoms with E-state index in [0.29, 0.717) is 5.56 Å². The van der Waals surface area contributed by atoms with E-state index in [1.54, 1.807) is 43.3 Å². The molecule has 1 fully saturated rings. The predicted octanol–water partition coefficient (Wildman–Crippen LogP) is 1.87. The molecule has 2 aromatic rings. The van der Waals surface area contributed by atoms with E-state index in [1.807, 2.05) is 0 Å². The summed E-state index contributed by atoms with van der Waals surface area (Å²) in [6, 6.07) is 13.0. The molecule has 10 heteroatoms. The van der Waals surface area contributed by atoms with E-state index in [0.717, 1.165) is 17.0 Å². The van der Waals surface area contributed by atoms with Gasteiger partial charge in [0.25, 0.3) is 11.6 Å². The van der Waals surface area contributed by atoms with Crippen LogP contribution in [0.15, 0.2) is 48.5 Å². The Kier molecular flexibility index (Phi) is 4.97. The summed E-state index contributed by atoms with van der Waals surface area (Å²) in [6.45, 7) is 0.972. The van der Waals surface area contributed by atoms with Gasteiger partial charge in [-0.25, -0.2) is 4.79 Å². The molecule has 1 saturated heterocycles. The molecule has 0 bridgehead atoms. The third-order valence-corrected chi connectivity index (χ3v) is 4.54. The molecule has 0 aromatic heterocycles. The number of amides is 4. The molecule has 1 atom stereocenters. The van der Waals surface area contributed by atoms with E-state index >= 15 is 0 Å². The summed E-state index contributed by atoms with van der Waals surface area (Å²) in [7, 11) is 0. The van der Waals surface area contributed by atoms with Crippen molar-refractivity contribution in [1.29, 1.82) is 5.26 Å². The van der Waals surface area contributed by atoms with Crippen LogP contribution in [0.4, 0.5) is 16.2 Å². The van der Waals surface area contributed by atoms with Crippen LogP contribution < -0.4 is 10.6 Å². The summed E-state index contributed by atoms with van der Waals surface area (Å²) in [4.78, 5) is 48.4. The van der Waals surface area contributed by atoms with Crippen LogP contribution in [-0.4, -0.2) is 34.2 Å². The van der Waals surface area contributed by atoms with Crippen molar-refractivity contribution >= 4 is 29.2 Å². The number of rotatable bonds is 5. The molecule has 10 nitrogen and oxygen atoms in total. The highest BCUT2D eigenvalue weighted by Gasteiger charge is 2.49. The number of anilines is 1. The van der Waals surface area contributed by atoms with Crippen molar-refractivity contribution in [3.05, 3.63) is 69.8 Å². The fourth-order valence-electron chi connectivity index (χ4n) is 2.99. The smallest absolute Gasteiger partial charge is 0.323 e. The van der Waals surface area contributed by atoms with Crippen molar-refractivity contribution in [3.63, 3.8) is 0 Å². The molecule has 4 amide bonds. The van der Waals surface area contributed by atoms with Gasteiger partial charge in [0.15, 0.2) is 0 Å². The Morgan fingerprint density at radius 2 is 1.97 bits per heavy atom. The van der Waals surface area contributed by atoms with Crippen LogP contribution in [0.25, 0.3) is 0 Å². The van der Waals surface area contributed by atoms with Gasteiger partial charge in [0, 0.05) is 12.1 Å². The van der Waals surface area contributed by atoms with Crippen LogP contribution in [0.2, 0.25) is 0 Å². The number of nitro groups is 1. The molecule has 0 spiro atoms. The zero-order valence-electron chi connectivity index (χ0n) is 15.2. The van der Waals surface area contributed by atoms with Gasteiger partial charge >= 0.3 is 6.03 Å². The molecule has 1 aliphatic rings. The molecule has 2 N–H and O–H groups in total. The molecular weight excluding hydrogens is 378 g/mol. The van der Waals surface area contributed by atoms with Gasteiger partial charge in [0.2, 0.25) is 5.91 Å². The van der Waals surface area contributed by atoms with Crippen molar-refractivity contribution in [2.24, 2.45) is 0 Å². The maximum Gasteiger partial charge on any atom is 0.325 e. The number of imide groups is 1. The van der Waals surface area contributed by atoms with E-state index in [4.69, 9.17) is 5.26 Å². The van der Waals surface area contributed by atoms with Crippen LogP contribution >= 0.6 is 0 Å². The maximum absolute atomic E-state index is 12.8. The first-order chi connectivity index (χ1) is 13.8. The summed E-state index contributed by atoms with van der Waals surface area (Å²) in [6.07, 6.45) is 0. The standard InChI is InChI=1S/C19H15N5O5/c1-19(13-5-3-2-4-6-13)17(26)23(18(27)22-19)11-16(25)21-15-8-7-14(24(28)29)9-12(15)10-20/h2-9H,11H2,1H3,(H,21,25)(H,22,27)/t19-/m1/s1. The Hall–Kier alpha value is -4.26. The summed E-state index contributed by atoms with van der Waals surface area (Å²) in [5.41, 5.74) is -1.10. The average molecular weight is 393 g/mol. The SMILES string of the molecule is C[C@]1(c2ccccc2)NC(=O)N(CC(=O)Nc2ccc([N+](=O)[O-])cc2C#N)C1=O. The first kappa shape index (κ1) is 19.5. The molecule has 1 aliphatic heterocycles. The van der Waals surface area contributed by atoms with Gasteiger partial charge < -0.3 is 10.6 Å². The lowest BCUT2D eigenvalue weighted by atomic mass is 9.92. The van der Waals surface area contributed by atoms with Gasteiger partial charge in [0.05, 0.1) is 16.2 Å². The van der Waals surface area contributed by atoms with E-state index in [1.165, 1.54) is 6.07 Å². The molecule has 2 aromatic carbocycles. The Morgan fingerprint density at radius 1 is 1.28 bits per heavy atom. The molecule has 0 saturated carbocycles. The van der Waals surface area contributed by atoms with Crippen LogP contribution in [0, 0.1) is 21.4 Å². The van der Waals surface area contributed by atoms with E-state index in [9.17, 15) is 24.5 Å². The zero-order chi connectivity index (χ0) is 21.2. The van der Waals surface area contributed by atoms with Gasteiger partial charge in [-0.3, -0.25) is 24.6 Å². The molecule has 1 heterocycles. The highest BCUT2D eigenvalue weighted by Crippen LogP contribution is 2.28. The Morgan fingerprint density at radius 3 is 2.59 bits per heavy atom. The molecule has 3 rings (SSSR count). The summed E-state index contributed by atoms with van der Waals surface area (Å²) >= 11 is 0. The van der Waals surface area contributed by atoms with Gasteiger partial charge in [-0.05, 0) is 18.6 Å². The predicted molar refractivity (Wildman–Crippen MR) is 100 cm³/mol. The molecule has 146 valence electrons. The number of hydrogen-bond donors (Lipinski definition) is 2. The zero-order valence-corrected chi connectivity index (χ0v) is 15.2. The molecule has 0 unspecified atom stereocenters. The Labute approximate surface area is 164 Å². The maximum atomic E-state index is 12.8. The Balaban J connectivity index is 1.76. The lowest BCUT2D eigenvalue weighted by Gasteiger charge is -2.22. The molecular formula is C19H15N5O5. The van der Waals surface area contributed by atoms with Crippen LogP contribution in [0.3, 0.4) is 0 Å². The lowest BCUT2D eigenvalue weighted by Crippen LogP contribution is -2.42. The third-order valence-electron chi connectivity index (χ3n) is 4.54. The summed E-state index contributed by atoms with van der Waals surface area (Å²) < 4.78 is 0. The van der Waals surface area contributed by atoms with Crippen molar-refractivity contribution in [1.82, 2.24) is 10.2 Å². The minimum atomic E-state index is -1.30. The molecule has 0 aliphatic carbocycles. The average Bonchev–Trinajstić information content (AvgIpc) is 2.92. The number of carbonyl (C=O) groups is 3. The third kappa shape index (κ3) is 3.61. The topological polar surface area (TPSA) is 145 Å². The number of nitrogens with zero attached hydrogens (tertiary/aromatic N) is 3. The number of non-ortho nitro benzene ring substituents is 1. The van der Waals surface area contributed by atoms with E-state index in [2.05, 4.69) is 10.6 Å². The van der Waals surface area contributed by atoms with Gasteiger partial charge in [-0.15, -0.1) is 0 Å². The fraction of sp³-hybridized carbons (Fsp3) is 0.158. The van der Waals surface area contributed by atoms with Crippen molar-refractivity contribution in [2.75, 3.05) is 11.9 Å². The molecule has 0 radical (unpaired) electrons. The number of nitrogens with one attached hydrogen (secondary N) is 2. The number of nitriles is 1. The van der Waals surface area contributed by atoms with Crippen molar-refractivity contribution in [2.45, 2.75) is 12.5 Å². The largest absolute Gasteiger partial charge is 0.325 e. The second-order valence-corrected chi connectivity index (χ2v) is 6.46. The van der Waals surface area contributed by atoms with Crippen LogP contribution in [-0.2, 0) is 15.1 Å². The van der Waals surface area contributed by atoms with Gasteiger partial charge in [0.1, 0.15) is 18.2 Å². The second kappa shape index (κ2) is 7.40. The number of hydrogen-bond acceptors (Lipinski definition) is 6. The number of benzene rings is 2. The first-order valence-corrected chi connectivity index (χ1v) is 8.44. The minimum Gasteiger partial charge on any atom is -0.323 e. The number of carbonyl (C=O) groups excluding carboxylic acids is 3. The van der Waals surface area contributed by atoms with Crippen LogP contribution in [0.1, 0.15) is 18.1 Å². The van der Waals surface area contributed by atoms with Gasteiger partial charge in [-0.2, -0.15) is 5.26 Å². The summed E-state index contributed by atoms with van der Waals surface area (Å²) in [5.74, 6) is -1.32. The normalized spacial score (nSPS) is 18.1. The van der Waals surface area contributed by atoms with Crippen molar-refractivity contribution < 1.29 is 19.3 Å². The first-order valence-electron chi connectivity index (χ1n) is 8.44. The van der Waals surface area contributed by atoms with Crippen molar-refractivity contribution in [3.8, 4) is 6.07 Å². The quantitative estimate of drug-likeness (QED) is 0.450. The number of urea groups is 1. The Bertz CT molecular complexity index is 1060. The molecule has 29 heavy (non-hydrogen) atoms. The highest BCUT2D eigenvalue weighted by molar-refractivity contribution is 6.10. The number of nitro benzene ring substituents is 1. The highest BCUT2D eigenvalue weighted by atomic mass is 16.6. The second-order valence-electron chi connectivity index (χ2n) is 6.46. The summed E-state index contributed by atoms with van der Waals surface area (Å²) in [5, 5.41) is 24.9. The van der Waals surface area contributed by atoms with Crippen LogP contribution in [0.5, 0.6) is 0 Å². The fourth-order valence-corrected chi connectivity index (χ4v) is 2.99. The van der Waals surface area contributed by atoms with Gasteiger partial charge in [-0.1, -0.05) is 30.3 Å². The van der Waals surface area contributed by atoms with E-state index in [-0.39, 0.29) is 16.9 Å². The monoisotopic (exact) mass is 393 g/mol. The lowest BCUT2D eigenvalue weighted by molar-refractivity contribution is -0.384. The van der Waals surface area contributed by atoms with E-state index < -0.39 is 34.9 Å².